The maximum Gasteiger partial charge on any atom is 0.257 e. The molecule has 2 aromatic carbocycles. The average molecular weight is 471 g/mol. The van der Waals surface area contributed by atoms with E-state index < -0.39 is 10.0 Å². The van der Waals surface area contributed by atoms with Gasteiger partial charge in [-0.15, -0.1) is 0 Å². The first-order valence-corrected chi connectivity index (χ1v) is 13.2. The lowest BCUT2D eigenvalue weighted by Crippen LogP contribution is -2.25. The SMILES string of the molecule is CN(C)S(=O)(=O)c1ccc(N2CCCC2)c(C(=O)Nc2ccc(CCN3CCCC3)cc2)c1. The predicted octanol–water partition coefficient (Wildman–Crippen LogP) is 3.43. The summed E-state index contributed by atoms with van der Waals surface area (Å²) in [5.41, 5.74) is 3.12. The molecule has 0 unspecified atom stereocenters. The Morgan fingerprint density at radius 2 is 1.58 bits per heavy atom. The molecule has 0 atom stereocenters. The standard InChI is InChI=1S/C25H34N4O3S/c1-27(2)33(31,32)22-11-12-24(29-16-5-6-17-29)23(19-22)25(30)26-21-9-7-20(8-10-21)13-18-28-14-3-4-15-28/h7-12,19H,3-6,13-18H2,1-2H3,(H,26,30). The fourth-order valence-corrected chi connectivity index (χ4v) is 5.48. The lowest BCUT2D eigenvalue weighted by atomic mass is 10.1. The second-order valence-electron chi connectivity index (χ2n) is 9.11. The number of nitrogens with one attached hydrogen (secondary N) is 1. The van der Waals surface area contributed by atoms with Gasteiger partial charge in [0.2, 0.25) is 10.0 Å². The Labute approximate surface area is 197 Å². The van der Waals surface area contributed by atoms with Gasteiger partial charge in [0.05, 0.1) is 10.5 Å². The largest absolute Gasteiger partial charge is 0.371 e. The van der Waals surface area contributed by atoms with E-state index in [0.29, 0.717) is 11.3 Å². The highest BCUT2D eigenvalue weighted by Gasteiger charge is 2.24. The van der Waals surface area contributed by atoms with Crippen molar-refractivity contribution in [2.45, 2.75) is 37.0 Å². The van der Waals surface area contributed by atoms with Crippen molar-refractivity contribution in [2.24, 2.45) is 0 Å². The first-order chi connectivity index (χ1) is 15.8. The van der Waals surface area contributed by atoms with E-state index in [9.17, 15) is 13.2 Å². The van der Waals surface area contributed by atoms with Gasteiger partial charge in [-0.2, -0.15) is 0 Å². The van der Waals surface area contributed by atoms with Crippen molar-refractivity contribution >= 4 is 27.3 Å². The van der Waals surface area contributed by atoms with Gasteiger partial charge in [0.25, 0.3) is 5.91 Å². The number of benzene rings is 2. The monoisotopic (exact) mass is 470 g/mol. The Morgan fingerprint density at radius 3 is 2.21 bits per heavy atom. The van der Waals surface area contributed by atoms with Gasteiger partial charge in [0.1, 0.15) is 0 Å². The van der Waals surface area contributed by atoms with Crippen LogP contribution >= 0.6 is 0 Å². The summed E-state index contributed by atoms with van der Waals surface area (Å²) in [6.07, 6.45) is 5.72. The molecule has 0 spiro atoms. The first kappa shape index (κ1) is 23.7. The Bertz CT molecular complexity index is 1070. The molecule has 1 amide bonds. The highest BCUT2D eigenvalue weighted by Crippen LogP contribution is 2.29. The van der Waals surface area contributed by atoms with Crippen molar-refractivity contribution < 1.29 is 13.2 Å². The quantitative estimate of drug-likeness (QED) is 0.640. The van der Waals surface area contributed by atoms with Gasteiger partial charge in [-0.3, -0.25) is 4.79 Å². The zero-order valence-electron chi connectivity index (χ0n) is 19.6. The highest BCUT2D eigenvalue weighted by atomic mass is 32.2. The molecule has 0 saturated carbocycles. The van der Waals surface area contributed by atoms with Crippen LogP contribution in [0.15, 0.2) is 47.4 Å². The minimum absolute atomic E-state index is 0.123. The van der Waals surface area contributed by atoms with Crippen LogP contribution in [0.25, 0.3) is 0 Å². The summed E-state index contributed by atoms with van der Waals surface area (Å²) >= 11 is 0. The summed E-state index contributed by atoms with van der Waals surface area (Å²) in [5, 5.41) is 2.97. The molecule has 0 aromatic heterocycles. The molecule has 2 fully saturated rings. The molecular formula is C25H34N4O3S. The first-order valence-electron chi connectivity index (χ1n) is 11.8. The van der Waals surface area contributed by atoms with Crippen LogP contribution in [0, 0.1) is 0 Å². The van der Waals surface area contributed by atoms with Gasteiger partial charge in [0.15, 0.2) is 0 Å². The zero-order chi connectivity index (χ0) is 23.4. The number of rotatable bonds is 8. The van der Waals surface area contributed by atoms with Gasteiger partial charge in [-0.1, -0.05) is 12.1 Å². The number of hydrogen-bond acceptors (Lipinski definition) is 5. The molecule has 2 aliphatic heterocycles. The van der Waals surface area contributed by atoms with E-state index in [1.807, 2.05) is 12.1 Å². The molecule has 178 valence electrons. The van der Waals surface area contributed by atoms with Crippen LogP contribution in [0.1, 0.15) is 41.6 Å². The minimum Gasteiger partial charge on any atom is -0.371 e. The predicted molar refractivity (Wildman–Crippen MR) is 133 cm³/mol. The highest BCUT2D eigenvalue weighted by molar-refractivity contribution is 7.89. The molecule has 8 heteroatoms. The van der Waals surface area contributed by atoms with E-state index in [1.54, 1.807) is 12.1 Å². The van der Waals surface area contributed by atoms with E-state index in [4.69, 9.17) is 0 Å². The molecule has 2 saturated heterocycles. The Morgan fingerprint density at radius 1 is 0.939 bits per heavy atom. The third kappa shape index (κ3) is 5.57. The van der Waals surface area contributed by atoms with Crippen molar-refractivity contribution in [3.63, 3.8) is 0 Å². The smallest absolute Gasteiger partial charge is 0.257 e. The molecule has 33 heavy (non-hydrogen) atoms. The second-order valence-corrected chi connectivity index (χ2v) is 11.3. The summed E-state index contributed by atoms with van der Waals surface area (Å²) in [7, 11) is -0.645. The van der Waals surface area contributed by atoms with Gasteiger partial charge in [0, 0.05) is 45.1 Å². The number of sulfonamides is 1. The maximum absolute atomic E-state index is 13.3. The molecule has 2 heterocycles. The second kappa shape index (κ2) is 10.2. The van der Waals surface area contributed by atoms with Crippen molar-refractivity contribution in [2.75, 3.05) is 57.0 Å². The lowest BCUT2D eigenvalue weighted by Gasteiger charge is -2.22. The van der Waals surface area contributed by atoms with Gasteiger partial charge in [-0.25, -0.2) is 12.7 Å². The minimum atomic E-state index is -3.63. The third-order valence-corrected chi connectivity index (χ3v) is 8.38. The summed E-state index contributed by atoms with van der Waals surface area (Å²) in [5.74, 6) is -0.294. The molecule has 0 bridgehead atoms. The Hall–Kier alpha value is -2.42. The summed E-state index contributed by atoms with van der Waals surface area (Å²) in [4.78, 5) is 18.0. The van der Waals surface area contributed by atoms with Crippen LogP contribution in [0.2, 0.25) is 0 Å². The van der Waals surface area contributed by atoms with E-state index >= 15 is 0 Å². The molecule has 2 aromatic rings. The number of hydrogen-bond donors (Lipinski definition) is 1. The van der Waals surface area contributed by atoms with E-state index in [1.165, 1.54) is 56.0 Å². The van der Waals surface area contributed by atoms with Crippen LogP contribution in [0.5, 0.6) is 0 Å². The molecule has 7 nitrogen and oxygen atoms in total. The average Bonchev–Trinajstić information content (AvgIpc) is 3.52. The number of likely N-dealkylation sites (tertiary alicyclic amines) is 1. The molecule has 2 aliphatic rings. The van der Waals surface area contributed by atoms with Crippen LogP contribution in [-0.4, -0.2) is 70.3 Å². The van der Waals surface area contributed by atoms with Gasteiger partial charge in [-0.05, 0) is 81.1 Å². The molecule has 1 N–H and O–H groups in total. The number of nitrogens with zero attached hydrogens (tertiary/aromatic N) is 3. The fraction of sp³-hybridized carbons (Fsp3) is 0.480. The summed E-state index contributed by atoms with van der Waals surface area (Å²) in [6, 6.07) is 12.8. The van der Waals surface area contributed by atoms with Crippen LogP contribution < -0.4 is 10.2 Å². The molecular weight excluding hydrogens is 436 g/mol. The van der Waals surface area contributed by atoms with Crippen LogP contribution in [-0.2, 0) is 16.4 Å². The topological polar surface area (TPSA) is 73.0 Å². The molecule has 0 aliphatic carbocycles. The van der Waals surface area contributed by atoms with E-state index in [-0.39, 0.29) is 10.8 Å². The van der Waals surface area contributed by atoms with Crippen molar-refractivity contribution in [1.82, 2.24) is 9.21 Å². The van der Waals surface area contributed by atoms with Gasteiger partial charge < -0.3 is 15.1 Å². The van der Waals surface area contributed by atoms with Crippen LogP contribution in [0.3, 0.4) is 0 Å². The number of amides is 1. The lowest BCUT2D eigenvalue weighted by molar-refractivity contribution is 0.102. The maximum atomic E-state index is 13.3. The van der Waals surface area contributed by atoms with Crippen molar-refractivity contribution in [3.05, 3.63) is 53.6 Å². The van der Waals surface area contributed by atoms with Crippen molar-refractivity contribution in [3.8, 4) is 0 Å². The molecule has 4 rings (SSSR count). The molecule has 0 radical (unpaired) electrons. The van der Waals surface area contributed by atoms with E-state index in [2.05, 4.69) is 27.2 Å². The normalized spacial score (nSPS) is 17.1. The fourth-order valence-electron chi connectivity index (χ4n) is 4.55. The summed E-state index contributed by atoms with van der Waals surface area (Å²) in [6.45, 7) is 5.18. The Balaban J connectivity index is 1.52. The number of carbonyl (C=O) groups is 1. The summed E-state index contributed by atoms with van der Waals surface area (Å²) < 4.78 is 26.5. The zero-order valence-corrected chi connectivity index (χ0v) is 20.4. The number of carbonyl (C=O) groups excluding carboxylic acids is 1. The Kier molecular flexibility index (Phi) is 7.36. The number of anilines is 2. The van der Waals surface area contributed by atoms with Gasteiger partial charge >= 0.3 is 0 Å². The third-order valence-electron chi connectivity index (χ3n) is 6.57. The van der Waals surface area contributed by atoms with E-state index in [0.717, 1.165) is 44.6 Å². The van der Waals surface area contributed by atoms with Crippen molar-refractivity contribution in [1.29, 1.82) is 0 Å². The van der Waals surface area contributed by atoms with Crippen LogP contribution in [0.4, 0.5) is 11.4 Å².